The van der Waals surface area contributed by atoms with Crippen molar-refractivity contribution in [3.8, 4) is 0 Å². The molecule has 1 saturated carbocycles. The van der Waals surface area contributed by atoms with Crippen LogP contribution in [0.15, 0.2) is 91.0 Å². The predicted octanol–water partition coefficient (Wildman–Crippen LogP) is 3.60. The van der Waals surface area contributed by atoms with Crippen molar-refractivity contribution in [3.05, 3.63) is 91.0 Å². The minimum Gasteiger partial charge on any atom is -0.382 e. The second-order valence-corrected chi connectivity index (χ2v) is 12.2. The van der Waals surface area contributed by atoms with Crippen LogP contribution in [0, 0.1) is 5.41 Å². The average Bonchev–Trinajstić information content (AvgIpc) is 2.74. The van der Waals surface area contributed by atoms with Crippen molar-refractivity contribution in [2.45, 2.75) is 32.3 Å². The molecule has 0 atom stereocenters. The van der Waals surface area contributed by atoms with E-state index in [0.717, 1.165) is 15.9 Å². The standard InChI is InChI=1S/C26H27O3P/c1-25(2)18-26(29,19-25)23(27)24(28)30(20-12-6-3-7-13-20,21-14-8-4-9-15-21)22-16-10-5-11-17-22/h3-17,28-29H,18-19H2,1-2H3. The van der Waals surface area contributed by atoms with E-state index in [-0.39, 0.29) is 10.9 Å². The summed E-state index contributed by atoms with van der Waals surface area (Å²) in [5.74, 6) is -0.549. The van der Waals surface area contributed by atoms with Gasteiger partial charge in [0.15, 0.2) is 0 Å². The first-order valence-electron chi connectivity index (χ1n) is 10.2. The Hall–Kier alpha value is -2.45. The first kappa shape index (κ1) is 20.8. The fourth-order valence-electron chi connectivity index (χ4n) is 4.82. The van der Waals surface area contributed by atoms with Crippen LogP contribution >= 0.6 is 6.89 Å². The van der Waals surface area contributed by atoms with Gasteiger partial charge in [-0.1, -0.05) is 105 Å². The van der Waals surface area contributed by atoms with Crippen LogP contribution < -0.4 is 15.9 Å². The first-order valence-corrected chi connectivity index (χ1v) is 12.0. The van der Waals surface area contributed by atoms with Gasteiger partial charge >= 0.3 is 0 Å². The molecule has 1 fully saturated rings. The van der Waals surface area contributed by atoms with Crippen molar-refractivity contribution in [1.82, 2.24) is 0 Å². The molecule has 3 nitrogen and oxygen atoms in total. The largest absolute Gasteiger partial charge is 0.382 e. The van der Waals surface area contributed by atoms with E-state index in [0.29, 0.717) is 12.8 Å². The second-order valence-electron chi connectivity index (χ2n) is 8.88. The van der Waals surface area contributed by atoms with Crippen LogP contribution in [-0.4, -0.2) is 27.1 Å². The van der Waals surface area contributed by atoms with Crippen LogP contribution in [0.5, 0.6) is 0 Å². The number of Topliss-reactive ketones (excluding diaryl/α,β-unsaturated/α-hetero) is 1. The zero-order valence-corrected chi connectivity index (χ0v) is 18.2. The molecule has 30 heavy (non-hydrogen) atoms. The Morgan fingerprint density at radius 1 is 0.733 bits per heavy atom. The highest BCUT2D eigenvalue weighted by Crippen LogP contribution is 2.51. The molecule has 0 spiro atoms. The first-order chi connectivity index (χ1) is 14.3. The van der Waals surface area contributed by atoms with Gasteiger partial charge in [-0.2, -0.15) is 0 Å². The molecule has 0 aromatic heterocycles. The van der Waals surface area contributed by atoms with E-state index < -0.39 is 18.3 Å². The summed E-state index contributed by atoms with van der Waals surface area (Å²) in [6, 6.07) is 29.1. The van der Waals surface area contributed by atoms with E-state index in [2.05, 4.69) is 0 Å². The van der Waals surface area contributed by atoms with Gasteiger partial charge in [-0.05, 0) is 34.2 Å². The summed E-state index contributed by atoms with van der Waals surface area (Å²) in [6.07, 6.45) is 0.697. The van der Waals surface area contributed by atoms with Crippen molar-refractivity contribution < 1.29 is 15.0 Å². The smallest absolute Gasteiger partial charge is 0.217 e. The maximum Gasteiger partial charge on any atom is 0.217 e. The van der Waals surface area contributed by atoms with Gasteiger partial charge in [0.25, 0.3) is 0 Å². The third-order valence-corrected chi connectivity index (χ3v) is 9.97. The molecule has 0 radical (unpaired) electrons. The zero-order valence-electron chi connectivity index (χ0n) is 17.3. The lowest BCUT2D eigenvalue weighted by Crippen LogP contribution is -2.57. The number of aliphatic hydroxyl groups excluding tert-OH is 1. The van der Waals surface area contributed by atoms with Crippen molar-refractivity contribution in [1.29, 1.82) is 0 Å². The van der Waals surface area contributed by atoms with Gasteiger partial charge in [-0.25, -0.2) is 0 Å². The van der Waals surface area contributed by atoms with Crippen LogP contribution in [0.1, 0.15) is 26.7 Å². The number of carbonyl (C=O) groups excluding carboxylic acids is 1. The molecule has 0 aliphatic heterocycles. The number of ketones is 1. The number of rotatable bonds is 5. The number of aliphatic hydroxyl groups is 2. The highest BCUT2D eigenvalue weighted by Gasteiger charge is 2.54. The number of carbonyl (C=O) groups is 1. The van der Waals surface area contributed by atoms with Gasteiger partial charge in [0, 0.05) is 6.89 Å². The lowest BCUT2D eigenvalue weighted by molar-refractivity contribution is -0.155. The number of hydrogen-bond acceptors (Lipinski definition) is 2. The van der Waals surface area contributed by atoms with Crippen LogP contribution in [0.3, 0.4) is 0 Å². The van der Waals surface area contributed by atoms with Crippen molar-refractivity contribution in [3.63, 3.8) is 0 Å². The second kappa shape index (κ2) is 7.67. The van der Waals surface area contributed by atoms with Crippen molar-refractivity contribution in [2.24, 2.45) is 5.41 Å². The van der Waals surface area contributed by atoms with E-state index in [1.54, 1.807) is 0 Å². The Labute approximate surface area is 178 Å². The maximum atomic E-state index is 13.6. The predicted molar refractivity (Wildman–Crippen MR) is 125 cm³/mol. The van der Waals surface area contributed by atoms with Gasteiger partial charge in [0.05, 0.1) is 0 Å². The topological polar surface area (TPSA) is 57.5 Å². The lowest BCUT2D eigenvalue weighted by atomic mass is 9.60. The molecule has 0 bridgehead atoms. The molecule has 0 unspecified atom stereocenters. The maximum absolute atomic E-state index is 13.6. The fraction of sp³-hybridized carbons (Fsp3) is 0.231. The Morgan fingerprint density at radius 2 is 1.07 bits per heavy atom. The molecule has 2 N–H and O–H groups in total. The molecule has 1 aliphatic rings. The highest BCUT2D eigenvalue weighted by molar-refractivity contribution is 7.96. The molecular formula is C26H27O3P. The van der Waals surface area contributed by atoms with E-state index in [1.165, 1.54) is 0 Å². The monoisotopic (exact) mass is 418 g/mol. The third-order valence-electron chi connectivity index (χ3n) is 5.92. The molecule has 1 aliphatic carbocycles. The summed E-state index contributed by atoms with van der Waals surface area (Å²) in [4.78, 5) is 13.6. The van der Waals surface area contributed by atoms with E-state index >= 15 is 0 Å². The Bertz CT molecular complexity index is 991. The molecule has 3 aromatic carbocycles. The van der Waals surface area contributed by atoms with Gasteiger partial charge in [-0.3, -0.25) is 4.79 Å². The minimum absolute atomic E-state index is 0.113. The van der Waals surface area contributed by atoms with Crippen LogP contribution in [0.2, 0.25) is 0 Å². The molecule has 154 valence electrons. The van der Waals surface area contributed by atoms with Gasteiger partial charge in [0.1, 0.15) is 11.1 Å². The minimum atomic E-state index is -2.86. The highest BCUT2D eigenvalue weighted by atomic mass is 31.2. The molecular weight excluding hydrogens is 391 g/mol. The lowest BCUT2D eigenvalue weighted by Gasteiger charge is -2.49. The SMILES string of the molecule is CC1(C)CC(O)(C(=O)C(O)=P(c2ccccc2)(c2ccccc2)c2ccccc2)C1. The van der Waals surface area contributed by atoms with Gasteiger partial charge in [0.2, 0.25) is 5.78 Å². The summed E-state index contributed by atoms with van der Waals surface area (Å²) < 4.78 is 0. The quantitative estimate of drug-likeness (QED) is 0.623. The Morgan fingerprint density at radius 3 is 1.37 bits per heavy atom. The Balaban J connectivity index is 2.08. The van der Waals surface area contributed by atoms with Crippen molar-refractivity contribution >= 4 is 34.1 Å². The average molecular weight is 418 g/mol. The van der Waals surface area contributed by atoms with Crippen LogP contribution in [-0.2, 0) is 4.79 Å². The molecule has 4 heteroatoms. The van der Waals surface area contributed by atoms with E-state index in [9.17, 15) is 15.0 Å². The van der Waals surface area contributed by atoms with E-state index in [1.807, 2.05) is 105 Å². The molecule has 0 amide bonds. The summed E-state index contributed by atoms with van der Waals surface area (Å²) in [6.45, 7) is 1.20. The van der Waals surface area contributed by atoms with Crippen molar-refractivity contribution in [2.75, 3.05) is 0 Å². The summed E-state index contributed by atoms with van der Waals surface area (Å²) in [7, 11) is 0. The van der Waals surface area contributed by atoms with Gasteiger partial charge in [-0.15, -0.1) is 0 Å². The Kier molecular flexibility index (Phi) is 5.32. The van der Waals surface area contributed by atoms with Crippen LogP contribution in [0.25, 0.3) is 0 Å². The third kappa shape index (κ3) is 3.37. The number of hydrogen-bond donors (Lipinski definition) is 2. The summed E-state index contributed by atoms with van der Waals surface area (Å²) in [5.41, 5.74) is -1.86. The summed E-state index contributed by atoms with van der Waals surface area (Å²) in [5, 5.41) is 25.4. The van der Waals surface area contributed by atoms with Crippen LogP contribution in [0.4, 0.5) is 0 Å². The number of benzene rings is 3. The normalized spacial score (nSPS) is 17.1. The van der Waals surface area contributed by atoms with E-state index in [4.69, 9.17) is 0 Å². The van der Waals surface area contributed by atoms with Gasteiger partial charge < -0.3 is 10.2 Å². The fourth-order valence-corrected chi connectivity index (χ4v) is 8.82. The molecule has 3 aromatic rings. The summed E-state index contributed by atoms with van der Waals surface area (Å²) >= 11 is 0. The molecule has 0 heterocycles. The molecule has 4 rings (SSSR count). The molecule has 0 saturated heterocycles. The zero-order chi connectivity index (χ0) is 21.4.